The molecule has 0 radical (unpaired) electrons. The molecule has 1 unspecified atom stereocenters. The fourth-order valence-electron chi connectivity index (χ4n) is 2.50. The van der Waals surface area contributed by atoms with Crippen LogP contribution in [0.4, 0.5) is 0 Å². The summed E-state index contributed by atoms with van der Waals surface area (Å²) in [4.78, 5) is 2.82. The van der Waals surface area contributed by atoms with Crippen LogP contribution < -0.4 is 5.32 Å². The van der Waals surface area contributed by atoms with Gasteiger partial charge in [0, 0.05) is 22.7 Å². The molecule has 0 bridgehead atoms. The van der Waals surface area contributed by atoms with Crippen LogP contribution in [0.25, 0.3) is 5.57 Å². The minimum Gasteiger partial charge on any atom is -0.372 e. The largest absolute Gasteiger partial charge is 0.372 e. The average molecular weight is 303 g/mol. The third-order valence-corrected chi connectivity index (χ3v) is 4.76. The van der Waals surface area contributed by atoms with Crippen LogP contribution in [-0.2, 0) is 11.2 Å². The number of hydrogen-bond donors (Lipinski definition) is 1. The fraction of sp³-hybridized carbons (Fsp3) is 0.444. The molecule has 1 aliphatic heterocycles. The van der Waals surface area contributed by atoms with Gasteiger partial charge in [-0.25, -0.2) is 0 Å². The monoisotopic (exact) mass is 303 g/mol. The Hall–Kier alpha value is -1.16. The summed E-state index contributed by atoms with van der Waals surface area (Å²) in [5.41, 5.74) is 2.65. The van der Waals surface area contributed by atoms with Gasteiger partial charge in [0.2, 0.25) is 0 Å². The van der Waals surface area contributed by atoms with E-state index < -0.39 is 0 Å². The second kappa shape index (κ2) is 8.32. The molecule has 0 aliphatic carbocycles. The molecule has 0 saturated carbocycles. The van der Waals surface area contributed by atoms with E-state index in [1.807, 2.05) is 18.4 Å². The molecule has 114 valence electrons. The van der Waals surface area contributed by atoms with Gasteiger partial charge in [0.1, 0.15) is 0 Å². The lowest BCUT2D eigenvalue weighted by atomic mass is 10.0. The van der Waals surface area contributed by atoms with Crippen molar-refractivity contribution in [2.24, 2.45) is 0 Å². The summed E-state index contributed by atoms with van der Waals surface area (Å²) >= 11 is 1.91. The summed E-state index contributed by atoms with van der Waals surface area (Å²) in [5, 5.41) is 3.22. The summed E-state index contributed by atoms with van der Waals surface area (Å²) < 4.78 is 5.89. The molecule has 1 N–H and O–H groups in total. The molecule has 0 fully saturated rings. The Morgan fingerprint density at radius 2 is 2.38 bits per heavy atom. The van der Waals surface area contributed by atoms with Gasteiger partial charge in [-0.1, -0.05) is 37.3 Å². The topological polar surface area (TPSA) is 21.3 Å². The van der Waals surface area contributed by atoms with Crippen molar-refractivity contribution < 1.29 is 4.74 Å². The van der Waals surface area contributed by atoms with E-state index in [1.165, 1.54) is 20.9 Å². The maximum absolute atomic E-state index is 5.89. The average Bonchev–Trinajstić information content (AvgIpc) is 2.92. The predicted molar refractivity (Wildman–Crippen MR) is 92.9 cm³/mol. The van der Waals surface area contributed by atoms with Crippen LogP contribution in [0.2, 0.25) is 0 Å². The number of likely N-dealkylation sites (N-methyl/N-ethyl adjacent to an activating group) is 1. The number of hydrogen-bond acceptors (Lipinski definition) is 3. The van der Waals surface area contributed by atoms with Gasteiger partial charge in [0.05, 0.1) is 12.7 Å². The molecule has 0 spiro atoms. The Balaban J connectivity index is 2.31. The maximum atomic E-state index is 5.89. The van der Waals surface area contributed by atoms with Crippen LogP contribution in [0.3, 0.4) is 0 Å². The number of fused-ring (bicyclic) bond motifs is 1. The second-order valence-electron chi connectivity index (χ2n) is 5.11. The number of allylic oxidation sites excluding steroid dienone is 6. The summed E-state index contributed by atoms with van der Waals surface area (Å²) in [6.07, 6.45) is 13.1. The lowest BCUT2D eigenvalue weighted by Crippen LogP contribution is -2.24. The smallest absolute Gasteiger partial charge is 0.0960 e. The molecule has 21 heavy (non-hydrogen) atoms. The predicted octanol–water partition coefficient (Wildman–Crippen LogP) is 4.51. The zero-order valence-electron chi connectivity index (χ0n) is 13.2. The molecule has 1 aromatic rings. The van der Waals surface area contributed by atoms with Crippen LogP contribution in [0.1, 0.15) is 41.7 Å². The first-order valence-electron chi connectivity index (χ1n) is 7.68. The van der Waals surface area contributed by atoms with Gasteiger partial charge in [0.25, 0.3) is 0 Å². The molecule has 2 rings (SSSR count). The van der Waals surface area contributed by atoms with Crippen LogP contribution in [0.5, 0.6) is 0 Å². The Morgan fingerprint density at radius 1 is 1.52 bits per heavy atom. The van der Waals surface area contributed by atoms with Crippen LogP contribution in [0.15, 0.2) is 36.4 Å². The fourth-order valence-corrected chi connectivity index (χ4v) is 3.70. The van der Waals surface area contributed by atoms with Crippen molar-refractivity contribution in [3.8, 4) is 0 Å². The van der Waals surface area contributed by atoms with E-state index in [-0.39, 0.29) is 6.10 Å². The highest BCUT2D eigenvalue weighted by molar-refractivity contribution is 7.13. The van der Waals surface area contributed by atoms with E-state index in [2.05, 4.69) is 55.6 Å². The molecule has 1 aromatic heterocycles. The molecule has 2 nitrogen and oxygen atoms in total. The maximum Gasteiger partial charge on any atom is 0.0960 e. The van der Waals surface area contributed by atoms with Crippen molar-refractivity contribution in [2.75, 3.05) is 20.2 Å². The van der Waals surface area contributed by atoms with Crippen LogP contribution >= 0.6 is 11.3 Å². The number of thiophene rings is 1. The first-order valence-corrected chi connectivity index (χ1v) is 8.50. The molecule has 1 atom stereocenters. The van der Waals surface area contributed by atoms with Crippen molar-refractivity contribution in [2.45, 2.75) is 32.8 Å². The molecule has 0 amide bonds. The summed E-state index contributed by atoms with van der Waals surface area (Å²) in [6.45, 7) is 5.93. The minimum absolute atomic E-state index is 0.196. The molecular formula is C18H25NOS. The molecule has 3 heteroatoms. The van der Waals surface area contributed by atoms with Crippen molar-refractivity contribution in [3.63, 3.8) is 0 Å². The Morgan fingerprint density at radius 3 is 3.10 bits per heavy atom. The second-order valence-corrected chi connectivity index (χ2v) is 6.25. The Kier molecular flexibility index (Phi) is 6.43. The zero-order chi connectivity index (χ0) is 15.1. The lowest BCUT2D eigenvalue weighted by Gasteiger charge is -2.22. The third kappa shape index (κ3) is 4.16. The van der Waals surface area contributed by atoms with Crippen LogP contribution in [0, 0.1) is 0 Å². The summed E-state index contributed by atoms with van der Waals surface area (Å²) in [5.74, 6) is 0. The number of rotatable bonds is 6. The van der Waals surface area contributed by atoms with E-state index >= 15 is 0 Å². The van der Waals surface area contributed by atoms with Gasteiger partial charge >= 0.3 is 0 Å². The molecule has 2 heterocycles. The molecule has 1 aliphatic rings. The van der Waals surface area contributed by atoms with Crippen molar-refractivity contribution in [1.29, 1.82) is 0 Å². The van der Waals surface area contributed by atoms with E-state index in [0.717, 1.165) is 26.0 Å². The van der Waals surface area contributed by atoms with E-state index in [4.69, 9.17) is 4.74 Å². The first-order chi connectivity index (χ1) is 10.3. The van der Waals surface area contributed by atoms with Gasteiger partial charge in [-0.3, -0.25) is 0 Å². The highest BCUT2D eigenvalue weighted by Gasteiger charge is 2.23. The molecule has 0 saturated heterocycles. The van der Waals surface area contributed by atoms with E-state index in [9.17, 15) is 0 Å². The first kappa shape index (κ1) is 16.2. The third-order valence-electron chi connectivity index (χ3n) is 3.50. The Labute approximate surface area is 132 Å². The highest BCUT2D eigenvalue weighted by atomic mass is 32.1. The van der Waals surface area contributed by atoms with Gasteiger partial charge in [0.15, 0.2) is 0 Å². The van der Waals surface area contributed by atoms with Gasteiger partial charge in [-0.2, -0.15) is 0 Å². The van der Waals surface area contributed by atoms with Gasteiger partial charge in [-0.15, -0.1) is 11.3 Å². The standard InChI is InChI=1S/C18H25NOS/c1-4-6-7-9-14(8-5-2)18-12-15-16(13-19-3)20-11-10-17(15)21-18/h5-9,12,16,19H,4,10-11,13H2,1-3H3/b7-6+,8-5-,14-9+. The molecular weight excluding hydrogens is 278 g/mol. The highest BCUT2D eigenvalue weighted by Crippen LogP contribution is 2.36. The number of nitrogens with one attached hydrogen (secondary N) is 1. The minimum atomic E-state index is 0.196. The van der Waals surface area contributed by atoms with E-state index in [0.29, 0.717) is 0 Å². The summed E-state index contributed by atoms with van der Waals surface area (Å²) in [7, 11) is 1.98. The summed E-state index contributed by atoms with van der Waals surface area (Å²) in [6, 6.07) is 2.31. The normalized spacial score (nSPS) is 19.6. The van der Waals surface area contributed by atoms with Crippen molar-refractivity contribution >= 4 is 16.9 Å². The SMILES string of the molecule is C\C=C/C(=C\C=C\CC)c1cc2c(s1)CCOC2CNC. The van der Waals surface area contributed by atoms with Crippen LogP contribution in [-0.4, -0.2) is 20.2 Å². The zero-order valence-corrected chi connectivity index (χ0v) is 14.0. The molecule has 0 aromatic carbocycles. The van der Waals surface area contributed by atoms with E-state index in [1.54, 1.807) is 0 Å². The van der Waals surface area contributed by atoms with Crippen molar-refractivity contribution in [3.05, 3.63) is 51.8 Å². The quantitative estimate of drug-likeness (QED) is 0.781. The van der Waals surface area contributed by atoms with Gasteiger partial charge in [-0.05, 0) is 37.6 Å². The number of ether oxygens (including phenoxy) is 1. The van der Waals surface area contributed by atoms with Crippen molar-refractivity contribution in [1.82, 2.24) is 5.32 Å². The lowest BCUT2D eigenvalue weighted by molar-refractivity contribution is 0.0451. The van der Waals surface area contributed by atoms with Gasteiger partial charge < -0.3 is 10.1 Å². The Bertz CT molecular complexity index is 539.